The molecule has 1 aromatic rings. The maximum Gasteiger partial charge on any atom is 0.223 e. The van der Waals surface area contributed by atoms with Crippen LogP contribution < -0.4 is 10.6 Å². The van der Waals surface area contributed by atoms with Gasteiger partial charge in [-0.1, -0.05) is 6.92 Å². The number of carbonyl (C=O) groups excluding carboxylic acids is 1. The first kappa shape index (κ1) is 12.1. The number of amides is 1. The van der Waals surface area contributed by atoms with E-state index in [2.05, 4.69) is 15.6 Å². The molecule has 1 aromatic heterocycles. The van der Waals surface area contributed by atoms with E-state index >= 15 is 0 Å². The van der Waals surface area contributed by atoms with Crippen molar-refractivity contribution in [3.8, 4) is 0 Å². The van der Waals surface area contributed by atoms with Crippen LogP contribution in [0.1, 0.15) is 12.7 Å². The molecule has 94 valence electrons. The smallest absolute Gasteiger partial charge is 0.223 e. The van der Waals surface area contributed by atoms with Crippen molar-refractivity contribution in [2.75, 3.05) is 19.6 Å². The van der Waals surface area contributed by atoms with E-state index in [4.69, 9.17) is 0 Å². The molecule has 1 atom stereocenters. The third-order valence-electron chi connectivity index (χ3n) is 3.50. The molecule has 0 radical (unpaired) electrons. The highest BCUT2D eigenvalue weighted by atomic mass is 16.1. The predicted octanol–water partition coefficient (Wildman–Crippen LogP) is -0.0657. The van der Waals surface area contributed by atoms with Gasteiger partial charge >= 0.3 is 0 Å². The molecule has 5 nitrogen and oxygen atoms in total. The van der Waals surface area contributed by atoms with Gasteiger partial charge in [0.1, 0.15) is 5.82 Å². The van der Waals surface area contributed by atoms with Crippen LogP contribution in [0.25, 0.3) is 0 Å². The van der Waals surface area contributed by atoms with E-state index in [-0.39, 0.29) is 11.8 Å². The Kier molecular flexibility index (Phi) is 3.78. The van der Waals surface area contributed by atoms with Gasteiger partial charge < -0.3 is 15.2 Å². The molecular formula is C12H20N4O. The maximum atomic E-state index is 11.8. The van der Waals surface area contributed by atoms with Crippen LogP contribution in [0.4, 0.5) is 0 Å². The Morgan fingerprint density at radius 1 is 1.71 bits per heavy atom. The lowest BCUT2D eigenvalue weighted by molar-refractivity contribution is -0.126. The molecule has 0 spiro atoms. The van der Waals surface area contributed by atoms with Crippen molar-refractivity contribution in [1.82, 2.24) is 20.2 Å². The van der Waals surface area contributed by atoms with E-state index in [9.17, 15) is 4.79 Å². The molecule has 2 heterocycles. The third-order valence-corrected chi connectivity index (χ3v) is 3.50. The molecule has 0 aromatic carbocycles. The van der Waals surface area contributed by atoms with Crippen molar-refractivity contribution in [2.24, 2.45) is 18.9 Å². The molecule has 17 heavy (non-hydrogen) atoms. The van der Waals surface area contributed by atoms with E-state index in [1.807, 2.05) is 24.7 Å². The Labute approximate surface area is 102 Å². The van der Waals surface area contributed by atoms with Crippen molar-refractivity contribution in [3.63, 3.8) is 0 Å². The second-order valence-electron chi connectivity index (χ2n) is 4.70. The molecule has 1 unspecified atom stereocenters. The van der Waals surface area contributed by atoms with Crippen LogP contribution in [-0.2, 0) is 18.3 Å². The van der Waals surface area contributed by atoms with Crippen LogP contribution in [0.2, 0.25) is 0 Å². The lowest BCUT2D eigenvalue weighted by atomic mass is 9.88. The first-order valence-corrected chi connectivity index (χ1v) is 6.13. The van der Waals surface area contributed by atoms with E-state index in [0.29, 0.717) is 12.5 Å². The first-order valence-electron chi connectivity index (χ1n) is 6.13. The van der Waals surface area contributed by atoms with Gasteiger partial charge in [-0.15, -0.1) is 0 Å². The molecule has 2 rings (SSSR count). The summed E-state index contributed by atoms with van der Waals surface area (Å²) in [5, 5.41) is 6.17. The lowest BCUT2D eigenvalue weighted by Gasteiger charge is -2.31. The fourth-order valence-electron chi connectivity index (χ4n) is 1.97. The summed E-state index contributed by atoms with van der Waals surface area (Å²) in [5.74, 6) is 1.77. The van der Waals surface area contributed by atoms with Crippen molar-refractivity contribution >= 4 is 5.91 Å². The largest absolute Gasteiger partial charge is 0.355 e. The number of aromatic nitrogens is 2. The van der Waals surface area contributed by atoms with Gasteiger partial charge in [-0.25, -0.2) is 4.98 Å². The van der Waals surface area contributed by atoms with Gasteiger partial charge in [-0.05, 0) is 19.0 Å². The Bertz CT molecular complexity index is 384. The van der Waals surface area contributed by atoms with Crippen molar-refractivity contribution in [3.05, 3.63) is 18.2 Å². The second kappa shape index (κ2) is 5.31. The number of carbonyl (C=O) groups is 1. The standard InChI is InChI=1S/C12H20N4O/c1-9(10-7-13-8-10)12(17)15-4-3-11-14-5-6-16(11)2/h5-6,9-10,13H,3-4,7-8H2,1-2H3,(H,15,17). The van der Waals surface area contributed by atoms with Crippen molar-refractivity contribution < 1.29 is 4.79 Å². The summed E-state index contributed by atoms with van der Waals surface area (Å²) in [6.07, 6.45) is 4.48. The Hall–Kier alpha value is -1.36. The second-order valence-corrected chi connectivity index (χ2v) is 4.70. The summed E-state index contributed by atoms with van der Waals surface area (Å²) in [7, 11) is 1.97. The Morgan fingerprint density at radius 3 is 3.00 bits per heavy atom. The van der Waals surface area contributed by atoms with E-state index in [1.54, 1.807) is 6.20 Å². The normalized spacial score (nSPS) is 17.5. The monoisotopic (exact) mass is 236 g/mol. The molecule has 1 aliphatic heterocycles. The van der Waals surface area contributed by atoms with Gasteiger partial charge in [-0.2, -0.15) is 0 Å². The molecule has 0 bridgehead atoms. The SMILES string of the molecule is CC(C(=O)NCCc1nccn1C)C1CNC1. The fraction of sp³-hybridized carbons (Fsp3) is 0.667. The zero-order valence-electron chi connectivity index (χ0n) is 10.4. The minimum absolute atomic E-state index is 0.109. The van der Waals surface area contributed by atoms with E-state index in [0.717, 1.165) is 25.3 Å². The summed E-state index contributed by atoms with van der Waals surface area (Å²) in [5.41, 5.74) is 0. The number of nitrogens with zero attached hydrogens (tertiary/aromatic N) is 2. The number of aryl methyl sites for hydroxylation is 1. The van der Waals surface area contributed by atoms with Crippen LogP contribution in [0.3, 0.4) is 0 Å². The third kappa shape index (κ3) is 2.85. The zero-order chi connectivity index (χ0) is 12.3. The average Bonchev–Trinajstić information content (AvgIpc) is 2.61. The van der Waals surface area contributed by atoms with Gasteiger partial charge in [0.15, 0.2) is 0 Å². The van der Waals surface area contributed by atoms with Crippen molar-refractivity contribution in [1.29, 1.82) is 0 Å². The average molecular weight is 236 g/mol. The topological polar surface area (TPSA) is 59.0 Å². The van der Waals surface area contributed by atoms with Gasteiger partial charge in [0.2, 0.25) is 5.91 Å². The van der Waals surface area contributed by atoms with Crippen LogP contribution in [0.5, 0.6) is 0 Å². The summed E-state index contributed by atoms with van der Waals surface area (Å²) < 4.78 is 1.98. The number of nitrogens with one attached hydrogen (secondary N) is 2. The molecule has 0 aliphatic carbocycles. The molecule has 1 saturated heterocycles. The molecule has 1 aliphatic rings. The Morgan fingerprint density at radius 2 is 2.47 bits per heavy atom. The van der Waals surface area contributed by atoms with Crippen LogP contribution in [0.15, 0.2) is 12.4 Å². The number of rotatable bonds is 5. The van der Waals surface area contributed by atoms with Crippen LogP contribution in [-0.4, -0.2) is 35.1 Å². The molecular weight excluding hydrogens is 216 g/mol. The van der Waals surface area contributed by atoms with E-state index < -0.39 is 0 Å². The molecule has 5 heteroatoms. The van der Waals surface area contributed by atoms with Crippen LogP contribution in [0, 0.1) is 11.8 Å². The van der Waals surface area contributed by atoms with E-state index in [1.165, 1.54) is 0 Å². The molecule has 0 saturated carbocycles. The highest BCUT2D eigenvalue weighted by Gasteiger charge is 2.28. The predicted molar refractivity (Wildman–Crippen MR) is 65.4 cm³/mol. The Balaban J connectivity index is 1.71. The number of hydrogen-bond acceptors (Lipinski definition) is 3. The zero-order valence-corrected chi connectivity index (χ0v) is 10.4. The highest BCUT2D eigenvalue weighted by Crippen LogP contribution is 2.15. The van der Waals surface area contributed by atoms with Gasteiger partial charge in [0.05, 0.1) is 0 Å². The van der Waals surface area contributed by atoms with Gasteiger partial charge in [0.25, 0.3) is 0 Å². The summed E-state index contributed by atoms with van der Waals surface area (Å²) in [6.45, 7) is 4.59. The minimum Gasteiger partial charge on any atom is -0.355 e. The first-order chi connectivity index (χ1) is 8.18. The summed E-state index contributed by atoms with van der Waals surface area (Å²) in [4.78, 5) is 16.0. The minimum atomic E-state index is 0.109. The number of hydrogen-bond donors (Lipinski definition) is 2. The van der Waals surface area contributed by atoms with Gasteiger partial charge in [-0.3, -0.25) is 4.79 Å². The van der Waals surface area contributed by atoms with Crippen LogP contribution >= 0.6 is 0 Å². The molecule has 1 fully saturated rings. The maximum absolute atomic E-state index is 11.8. The molecule has 2 N–H and O–H groups in total. The summed E-state index contributed by atoms with van der Waals surface area (Å²) in [6, 6.07) is 0. The molecule has 1 amide bonds. The summed E-state index contributed by atoms with van der Waals surface area (Å²) >= 11 is 0. The number of imidazole rings is 1. The van der Waals surface area contributed by atoms with Crippen molar-refractivity contribution in [2.45, 2.75) is 13.3 Å². The quantitative estimate of drug-likeness (QED) is 0.752. The lowest BCUT2D eigenvalue weighted by Crippen LogP contribution is -2.49. The highest BCUT2D eigenvalue weighted by molar-refractivity contribution is 5.78. The van der Waals surface area contributed by atoms with Gasteiger partial charge in [0, 0.05) is 38.3 Å². The fourth-order valence-corrected chi connectivity index (χ4v) is 1.97.